The van der Waals surface area contributed by atoms with Crippen molar-refractivity contribution in [2.45, 2.75) is 12.7 Å². The zero-order valence-electron chi connectivity index (χ0n) is 10.4. The standard InChI is InChI=1S/C13H15NO3S/c1-10(13(15)17-2)8-18(16)9-12-6-4-3-5-11(12)7-14/h3-6,10H,8-9H2,1-2H3. The Morgan fingerprint density at radius 2 is 2.17 bits per heavy atom. The molecule has 96 valence electrons. The van der Waals surface area contributed by atoms with Gasteiger partial charge in [-0.15, -0.1) is 0 Å². The lowest BCUT2D eigenvalue weighted by atomic mass is 10.1. The van der Waals surface area contributed by atoms with Crippen molar-refractivity contribution >= 4 is 16.8 Å². The van der Waals surface area contributed by atoms with Crippen LogP contribution in [0.25, 0.3) is 0 Å². The molecule has 0 aromatic heterocycles. The fourth-order valence-electron chi connectivity index (χ4n) is 1.54. The summed E-state index contributed by atoms with van der Waals surface area (Å²) in [6.07, 6.45) is 0. The largest absolute Gasteiger partial charge is 0.469 e. The topological polar surface area (TPSA) is 67.2 Å². The van der Waals surface area contributed by atoms with E-state index in [9.17, 15) is 9.00 Å². The number of benzene rings is 1. The maximum Gasteiger partial charge on any atom is 0.309 e. The summed E-state index contributed by atoms with van der Waals surface area (Å²) in [5.41, 5.74) is 1.27. The first kappa shape index (κ1) is 14.4. The summed E-state index contributed by atoms with van der Waals surface area (Å²) in [6, 6.07) is 9.10. The van der Waals surface area contributed by atoms with Gasteiger partial charge in [-0.2, -0.15) is 5.26 Å². The number of carbonyl (C=O) groups excluding carboxylic acids is 1. The summed E-state index contributed by atoms with van der Waals surface area (Å²) < 4.78 is 16.5. The van der Waals surface area contributed by atoms with Crippen LogP contribution in [0.5, 0.6) is 0 Å². The molecule has 1 aromatic rings. The molecule has 0 aliphatic rings. The molecule has 4 nitrogen and oxygen atoms in total. The summed E-state index contributed by atoms with van der Waals surface area (Å²) in [7, 11) is 0.125. The highest BCUT2D eigenvalue weighted by Crippen LogP contribution is 2.12. The molecule has 0 aliphatic heterocycles. The summed E-state index contributed by atoms with van der Waals surface area (Å²) in [4.78, 5) is 11.2. The Morgan fingerprint density at radius 1 is 1.50 bits per heavy atom. The molecule has 0 N–H and O–H groups in total. The minimum atomic E-state index is -1.19. The van der Waals surface area contributed by atoms with Crippen LogP contribution in [-0.2, 0) is 26.1 Å². The quantitative estimate of drug-likeness (QED) is 0.759. The Morgan fingerprint density at radius 3 is 2.78 bits per heavy atom. The van der Waals surface area contributed by atoms with Crippen molar-refractivity contribution in [3.8, 4) is 6.07 Å². The molecule has 0 spiro atoms. The Kier molecular flexibility index (Phi) is 5.53. The molecule has 0 heterocycles. The monoisotopic (exact) mass is 265 g/mol. The minimum Gasteiger partial charge on any atom is -0.469 e. The van der Waals surface area contributed by atoms with Crippen LogP contribution in [0.1, 0.15) is 18.1 Å². The van der Waals surface area contributed by atoms with E-state index in [1.165, 1.54) is 7.11 Å². The number of ether oxygens (including phenoxy) is 1. The van der Waals surface area contributed by atoms with Gasteiger partial charge >= 0.3 is 5.97 Å². The molecule has 0 saturated carbocycles. The van der Waals surface area contributed by atoms with Crippen LogP contribution >= 0.6 is 0 Å². The number of hydrogen-bond acceptors (Lipinski definition) is 4. The third-order valence-electron chi connectivity index (χ3n) is 2.49. The lowest BCUT2D eigenvalue weighted by Gasteiger charge is -2.09. The van der Waals surface area contributed by atoms with E-state index in [-0.39, 0.29) is 17.5 Å². The number of nitriles is 1. The highest BCUT2D eigenvalue weighted by molar-refractivity contribution is 7.84. The summed E-state index contributed by atoms with van der Waals surface area (Å²) >= 11 is 0. The first-order valence-corrected chi connectivity index (χ1v) is 6.98. The van der Waals surface area contributed by atoms with Gasteiger partial charge in [-0.05, 0) is 11.6 Å². The van der Waals surface area contributed by atoms with Gasteiger partial charge in [-0.25, -0.2) is 0 Å². The zero-order valence-corrected chi connectivity index (χ0v) is 11.2. The number of rotatable bonds is 5. The average Bonchev–Trinajstić information content (AvgIpc) is 2.38. The molecule has 0 bridgehead atoms. The second-order valence-electron chi connectivity index (χ2n) is 3.94. The lowest BCUT2D eigenvalue weighted by Crippen LogP contribution is -2.20. The van der Waals surface area contributed by atoms with Crippen LogP contribution in [0.15, 0.2) is 24.3 Å². The second-order valence-corrected chi connectivity index (χ2v) is 5.45. The van der Waals surface area contributed by atoms with E-state index in [1.54, 1.807) is 31.2 Å². The van der Waals surface area contributed by atoms with E-state index in [2.05, 4.69) is 10.8 Å². The number of hydrogen-bond donors (Lipinski definition) is 0. The van der Waals surface area contributed by atoms with Crippen molar-refractivity contribution in [2.24, 2.45) is 5.92 Å². The molecule has 0 fully saturated rings. The molecule has 2 atom stereocenters. The van der Waals surface area contributed by atoms with E-state index >= 15 is 0 Å². The lowest BCUT2D eigenvalue weighted by molar-refractivity contribution is -0.144. The number of carbonyl (C=O) groups is 1. The maximum absolute atomic E-state index is 11.9. The third-order valence-corrected chi connectivity index (χ3v) is 4.00. The van der Waals surface area contributed by atoms with Gasteiger partial charge in [-0.3, -0.25) is 9.00 Å². The van der Waals surface area contributed by atoms with Crippen molar-refractivity contribution in [1.29, 1.82) is 5.26 Å². The van der Waals surface area contributed by atoms with Crippen molar-refractivity contribution in [1.82, 2.24) is 0 Å². The Balaban J connectivity index is 2.66. The van der Waals surface area contributed by atoms with E-state index in [1.807, 2.05) is 0 Å². The Bertz CT molecular complexity index is 493. The van der Waals surface area contributed by atoms with Crippen molar-refractivity contribution < 1.29 is 13.7 Å². The fraction of sp³-hybridized carbons (Fsp3) is 0.385. The Labute approximate surface area is 109 Å². The van der Waals surface area contributed by atoms with Gasteiger partial charge in [-0.1, -0.05) is 25.1 Å². The van der Waals surface area contributed by atoms with E-state index in [0.29, 0.717) is 5.56 Å². The highest BCUT2D eigenvalue weighted by atomic mass is 32.2. The summed E-state index contributed by atoms with van der Waals surface area (Å²) in [6.45, 7) is 1.68. The van der Waals surface area contributed by atoms with Gasteiger partial charge in [0.05, 0.1) is 24.7 Å². The molecule has 5 heteroatoms. The van der Waals surface area contributed by atoms with Gasteiger partial charge in [0.1, 0.15) is 0 Å². The molecule has 0 aliphatic carbocycles. The van der Waals surface area contributed by atoms with Gasteiger partial charge in [0.15, 0.2) is 0 Å². The fourth-order valence-corrected chi connectivity index (χ4v) is 2.95. The molecule has 18 heavy (non-hydrogen) atoms. The Hall–Kier alpha value is -1.67. The van der Waals surface area contributed by atoms with Crippen LogP contribution in [-0.4, -0.2) is 23.0 Å². The number of methoxy groups -OCH3 is 1. The number of esters is 1. The van der Waals surface area contributed by atoms with E-state index in [4.69, 9.17) is 5.26 Å². The smallest absolute Gasteiger partial charge is 0.309 e. The molecule has 0 saturated heterocycles. The number of nitrogens with zero attached hydrogens (tertiary/aromatic N) is 1. The van der Waals surface area contributed by atoms with Gasteiger partial charge < -0.3 is 4.74 Å². The molecule has 1 rings (SSSR count). The predicted molar refractivity (Wildman–Crippen MR) is 69.1 cm³/mol. The van der Waals surface area contributed by atoms with E-state index < -0.39 is 16.7 Å². The molecular weight excluding hydrogens is 250 g/mol. The van der Waals surface area contributed by atoms with Crippen LogP contribution in [0, 0.1) is 17.2 Å². The molecule has 0 amide bonds. The first-order valence-electron chi connectivity index (χ1n) is 5.49. The van der Waals surface area contributed by atoms with Gasteiger partial charge in [0.2, 0.25) is 0 Å². The van der Waals surface area contributed by atoms with Crippen LogP contribution in [0.2, 0.25) is 0 Å². The summed E-state index contributed by atoms with van der Waals surface area (Å²) in [5, 5.41) is 8.92. The van der Waals surface area contributed by atoms with Crippen LogP contribution < -0.4 is 0 Å². The zero-order chi connectivity index (χ0) is 13.5. The van der Waals surface area contributed by atoms with Crippen LogP contribution in [0.3, 0.4) is 0 Å². The highest BCUT2D eigenvalue weighted by Gasteiger charge is 2.17. The van der Waals surface area contributed by atoms with E-state index in [0.717, 1.165) is 5.56 Å². The SMILES string of the molecule is COC(=O)C(C)CS(=O)Cc1ccccc1C#N. The van der Waals surface area contributed by atoms with Crippen molar-refractivity contribution in [3.05, 3.63) is 35.4 Å². The van der Waals surface area contributed by atoms with Gasteiger partial charge in [0, 0.05) is 22.3 Å². The van der Waals surface area contributed by atoms with Crippen molar-refractivity contribution in [3.63, 3.8) is 0 Å². The molecular formula is C13H15NO3S. The third kappa shape index (κ3) is 3.97. The second kappa shape index (κ2) is 6.92. The average molecular weight is 265 g/mol. The van der Waals surface area contributed by atoms with Crippen LogP contribution in [0.4, 0.5) is 0 Å². The normalized spacial score (nSPS) is 13.4. The first-order chi connectivity index (χ1) is 8.58. The molecule has 2 unspecified atom stereocenters. The predicted octanol–water partition coefficient (Wildman–Crippen LogP) is 1.62. The minimum absolute atomic E-state index is 0.242. The summed E-state index contributed by atoms with van der Waals surface area (Å²) in [5.74, 6) is -0.237. The van der Waals surface area contributed by atoms with Gasteiger partial charge in [0.25, 0.3) is 0 Å². The maximum atomic E-state index is 11.9. The molecule has 0 radical (unpaired) electrons. The van der Waals surface area contributed by atoms with Crippen molar-refractivity contribution in [2.75, 3.05) is 12.9 Å². The molecule has 1 aromatic carbocycles.